The van der Waals surface area contributed by atoms with Crippen LogP contribution in [0.4, 0.5) is 19.1 Å². The SMILES string of the molecule is Cn1cnc2c(=O)n(-c3ccc(Cl)cc3)c(N3CCc4ccc(C(F)(F)F)nc4C3)nc21. The first-order valence-electron chi connectivity index (χ1n) is 9.73. The number of aromatic nitrogens is 5. The van der Waals surface area contributed by atoms with Gasteiger partial charge < -0.3 is 9.47 Å². The lowest BCUT2D eigenvalue weighted by atomic mass is 10.0. The second kappa shape index (κ2) is 7.33. The summed E-state index contributed by atoms with van der Waals surface area (Å²) in [5.74, 6) is 0.304. The maximum Gasteiger partial charge on any atom is 0.433 e. The predicted octanol–water partition coefficient (Wildman–Crippen LogP) is 3.75. The molecule has 0 saturated heterocycles. The fraction of sp³-hybridized carbons (Fsp3) is 0.238. The Hall–Kier alpha value is -3.40. The topological polar surface area (TPSA) is 68.8 Å². The molecule has 5 rings (SSSR count). The standard InChI is InChI=1S/C21H16ClF3N6O/c1-29-11-26-17-18(29)28-20(31(19(17)32)14-5-3-13(22)4-6-14)30-9-8-12-2-7-16(21(23,24)25)27-15(12)10-30/h2-7,11H,8-10H2,1H3. The molecule has 3 aromatic heterocycles. The summed E-state index contributed by atoms with van der Waals surface area (Å²) in [6.45, 7) is 0.548. The molecule has 164 valence electrons. The van der Waals surface area contributed by atoms with Crippen molar-refractivity contribution in [1.29, 1.82) is 0 Å². The highest BCUT2D eigenvalue weighted by atomic mass is 35.5. The van der Waals surface area contributed by atoms with E-state index in [1.165, 1.54) is 17.0 Å². The zero-order valence-electron chi connectivity index (χ0n) is 16.8. The second-order valence-electron chi connectivity index (χ2n) is 7.53. The van der Waals surface area contributed by atoms with E-state index in [1.54, 1.807) is 40.8 Å². The van der Waals surface area contributed by atoms with E-state index in [1.807, 2.05) is 0 Å². The molecule has 1 aliphatic heterocycles. The van der Waals surface area contributed by atoms with Crippen LogP contribution in [0.5, 0.6) is 0 Å². The molecule has 1 aliphatic rings. The first-order valence-corrected chi connectivity index (χ1v) is 10.1. The highest BCUT2D eigenvalue weighted by molar-refractivity contribution is 6.30. The molecule has 1 aromatic carbocycles. The fourth-order valence-corrected chi connectivity index (χ4v) is 3.95. The van der Waals surface area contributed by atoms with Crippen molar-refractivity contribution in [1.82, 2.24) is 24.1 Å². The third-order valence-electron chi connectivity index (χ3n) is 5.44. The molecule has 11 heteroatoms. The number of rotatable bonds is 2. The lowest BCUT2D eigenvalue weighted by Gasteiger charge is -2.31. The summed E-state index contributed by atoms with van der Waals surface area (Å²) < 4.78 is 42.6. The monoisotopic (exact) mass is 460 g/mol. The van der Waals surface area contributed by atoms with E-state index in [2.05, 4.69) is 15.0 Å². The lowest BCUT2D eigenvalue weighted by molar-refractivity contribution is -0.141. The van der Waals surface area contributed by atoms with Crippen LogP contribution in [0.3, 0.4) is 0 Å². The van der Waals surface area contributed by atoms with Gasteiger partial charge in [-0.05, 0) is 42.3 Å². The summed E-state index contributed by atoms with van der Waals surface area (Å²) in [6.07, 6.45) is -2.56. The maximum absolute atomic E-state index is 13.3. The fourth-order valence-electron chi connectivity index (χ4n) is 3.82. The molecule has 0 radical (unpaired) electrons. The Morgan fingerprint density at radius 2 is 1.81 bits per heavy atom. The van der Waals surface area contributed by atoms with Crippen LogP contribution >= 0.6 is 11.6 Å². The molecular formula is C21H16ClF3N6O. The van der Waals surface area contributed by atoms with Gasteiger partial charge in [0.05, 0.1) is 24.3 Å². The van der Waals surface area contributed by atoms with Crippen LogP contribution in [-0.2, 0) is 26.2 Å². The molecule has 0 unspecified atom stereocenters. The Labute approximate surface area is 184 Å². The Kier molecular flexibility index (Phi) is 4.70. The van der Waals surface area contributed by atoms with Crippen LogP contribution in [0.25, 0.3) is 16.9 Å². The average Bonchev–Trinajstić information content (AvgIpc) is 3.14. The Morgan fingerprint density at radius 1 is 1.06 bits per heavy atom. The minimum absolute atomic E-state index is 0.0860. The lowest BCUT2D eigenvalue weighted by Crippen LogP contribution is -2.37. The van der Waals surface area contributed by atoms with Crippen molar-refractivity contribution in [3.63, 3.8) is 0 Å². The Bertz CT molecular complexity index is 1390. The van der Waals surface area contributed by atoms with Crippen LogP contribution in [0.2, 0.25) is 5.02 Å². The first-order chi connectivity index (χ1) is 15.2. The summed E-state index contributed by atoms with van der Waals surface area (Å²) in [6, 6.07) is 9.13. The van der Waals surface area contributed by atoms with Crippen molar-refractivity contribution in [3.05, 3.63) is 75.1 Å². The molecule has 4 aromatic rings. The van der Waals surface area contributed by atoms with Crippen molar-refractivity contribution < 1.29 is 13.2 Å². The molecule has 0 amide bonds. The summed E-state index contributed by atoms with van der Waals surface area (Å²) in [4.78, 5) is 27.8. The third-order valence-corrected chi connectivity index (χ3v) is 5.69. The number of benzene rings is 1. The van der Waals surface area contributed by atoms with Crippen LogP contribution in [-0.4, -0.2) is 30.6 Å². The van der Waals surface area contributed by atoms with Crippen molar-refractivity contribution in [3.8, 4) is 5.69 Å². The number of fused-ring (bicyclic) bond motifs is 2. The zero-order chi connectivity index (χ0) is 22.6. The van der Waals surface area contributed by atoms with E-state index < -0.39 is 11.9 Å². The van der Waals surface area contributed by atoms with Crippen molar-refractivity contribution in [2.24, 2.45) is 7.05 Å². The normalized spacial score (nSPS) is 14.1. The molecule has 0 aliphatic carbocycles. The van der Waals surface area contributed by atoms with Gasteiger partial charge in [-0.3, -0.25) is 4.79 Å². The molecule has 0 fully saturated rings. The predicted molar refractivity (Wildman–Crippen MR) is 113 cm³/mol. The quantitative estimate of drug-likeness (QED) is 0.456. The number of anilines is 1. The average molecular weight is 461 g/mol. The van der Waals surface area contributed by atoms with E-state index in [4.69, 9.17) is 11.6 Å². The molecule has 7 nitrogen and oxygen atoms in total. The number of hydrogen-bond donors (Lipinski definition) is 0. The van der Waals surface area contributed by atoms with Gasteiger partial charge in [0.25, 0.3) is 5.56 Å². The van der Waals surface area contributed by atoms with Crippen molar-refractivity contribution in [2.75, 3.05) is 11.4 Å². The van der Waals surface area contributed by atoms with Crippen LogP contribution in [0.15, 0.2) is 47.5 Å². The van der Waals surface area contributed by atoms with E-state index in [0.717, 1.165) is 11.6 Å². The summed E-state index contributed by atoms with van der Waals surface area (Å²) in [7, 11) is 1.72. The Morgan fingerprint density at radius 3 is 2.53 bits per heavy atom. The smallest absolute Gasteiger partial charge is 0.336 e. The van der Waals surface area contributed by atoms with Gasteiger partial charge in [-0.2, -0.15) is 18.2 Å². The summed E-state index contributed by atoms with van der Waals surface area (Å²) >= 11 is 6.00. The van der Waals surface area contributed by atoms with Gasteiger partial charge in [0.2, 0.25) is 5.95 Å². The highest BCUT2D eigenvalue weighted by Gasteiger charge is 2.34. The number of hydrogen-bond acceptors (Lipinski definition) is 5. The van der Waals surface area contributed by atoms with E-state index in [9.17, 15) is 18.0 Å². The number of alkyl halides is 3. The number of aryl methyl sites for hydroxylation is 1. The van der Waals surface area contributed by atoms with Gasteiger partial charge in [-0.1, -0.05) is 17.7 Å². The minimum atomic E-state index is -4.53. The molecular weight excluding hydrogens is 445 g/mol. The Balaban J connectivity index is 1.67. The van der Waals surface area contributed by atoms with Gasteiger partial charge in [0.1, 0.15) is 5.69 Å². The molecule has 0 bridgehead atoms. The van der Waals surface area contributed by atoms with Crippen LogP contribution in [0.1, 0.15) is 17.0 Å². The largest absolute Gasteiger partial charge is 0.433 e. The molecule has 0 spiro atoms. The van der Waals surface area contributed by atoms with Gasteiger partial charge in [0.15, 0.2) is 11.2 Å². The first kappa shape index (κ1) is 20.5. The van der Waals surface area contributed by atoms with E-state index >= 15 is 0 Å². The van der Waals surface area contributed by atoms with Crippen molar-refractivity contribution >= 4 is 28.7 Å². The molecule has 0 N–H and O–H groups in total. The number of halogens is 4. The van der Waals surface area contributed by atoms with Gasteiger partial charge in [0, 0.05) is 18.6 Å². The number of pyridine rings is 1. The number of imidazole rings is 1. The molecule has 0 atom stereocenters. The van der Waals surface area contributed by atoms with E-state index in [0.29, 0.717) is 41.0 Å². The summed E-state index contributed by atoms with van der Waals surface area (Å²) in [5, 5.41) is 0.506. The van der Waals surface area contributed by atoms with Gasteiger partial charge >= 0.3 is 6.18 Å². The van der Waals surface area contributed by atoms with Crippen molar-refractivity contribution in [2.45, 2.75) is 19.1 Å². The van der Waals surface area contributed by atoms with Crippen LogP contribution in [0, 0.1) is 0 Å². The maximum atomic E-state index is 13.3. The van der Waals surface area contributed by atoms with Crippen LogP contribution < -0.4 is 10.5 Å². The number of nitrogens with zero attached hydrogens (tertiary/aromatic N) is 6. The third kappa shape index (κ3) is 3.40. The van der Waals surface area contributed by atoms with E-state index in [-0.39, 0.29) is 17.6 Å². The molecule has 32 heavy (non-hydrogen) atoms. The van der Waals surface area contributed by atoms with Gasteiger partial charge in [-0.25, -0.2) is 14.5 Å². The highest BCUT2D eigenvalue weighted by Crippen LogP contribution is 2.31. The molecule has 4 heterocycles. The second-order valence-corrected chi connectivity index (χ2v) is 7.96. The van der Waals surface area contributed by atoms with Gasteiger partial charge in [-0.15, -0.1) is 0 Å². The molecule has 0 saturated carbocycles. The minimum Gasteiger partial charge on any atom is -0.336 e. The summed E-state index contributed by atoms with van der Waals surface area (Å²) in [5.41, 5.74) is 0.847. The zero-order valence-corrected chi connectivity index (χ0v) is 17.5.